The Labute approximate surface area is 97.6 Å². The van der Waals surface area contributed by atoms with Crippen LogP contribution in [0.3, 0.4) is 0 Å². The van der Waals surface area contributed by atoms with Crippen LogP contribution in [0, 0.1) is 0 Å². The molecule has 14 heavy (non-hydrogen) atoms. The van der Waals surface area contributed by atoms with Crippen LogP contribution in [0.1, 0.15) is 18.5 Å². The lowest BCUT2D eigenvalue weighted by Crippen LogP contribution is -2.23. The molecule has 2 nitrogen and oxygen atoms in total. The van der Waals surface area contributed by atoms with Crippen molar-refractivity contribution in [2.45, 2.75) is 19.1 Å². The summed E-state index contributed by atoms with van der Waals surface area (Å²) in [5.74, 6) is 0. The lowest BCUT2D eigenvalue weighted by Gasteiger charge is -2.17. The first-order chi connectivity index (χ1) is 6.43. The minimum atomic E-state index is -0.706. The van der Waals surface area contributed by atoms with E-state index in [0.29, 0.717) is 20.6 Å². The number of halogens is 3. The van der Waals surface area contributed by atoms with Crippen molar-refractivity contribution in [1.29, 1.82) is 0 Å². The predicted octanol–water partition coefficient (Wildman–Crippen LogP) is 3.03. The zero-order chi connectivity index (χ0) is 10.9. The number of hydrogen-bond donors (Lipinski definition) is 2. The van der Waals surface area contributed by atoms with Crippen LogP contribution in [0.25, 0.3) is 0 Å². The van der Waals surface area contributed by atoms with Gasteiger partial charge in [-0.2, -0.15) is 0 Å². The molecule has 1 rings (SSSR count). The second-order valence-electron chi connectivity index (χ2n) is 3.06. The quantitative estimate of drug-likeness (QED) is 0.797. The van der Waals surface area contributed by atoms with E-state index in [1.165, 1.54) is 6.07 Å². The van der Waals surface area contributed by atoms with Crippen LogP contribution in [0.15, 0.2) is 12.1 Å². The Balaban J connectivity index is 3.20. The van der Waals surface area contributed by atoms with Crippen molar-refractivity contribution in [2.75, 3.05) is 0 Å². The lowest BCUT2D eigenvalue weighted by molar-refractivity contribution is 0.164. The third-order valence-electron chi connectivity index (χ3n) is 1.90. The predicted molar refractivity (Wildman–Crippen MR) is 60.1 cm³/mol. The molecule has 1 aromatic carbocycles. The Morgan fingerprint density at radius 1 is 1.29 bits per heavy atom. The molecule has 1 aromatic rings. The summed E-state index contributed by atoms with van der Waals surface area (Å²) in [6, 6.07) is 2.55. The van der Waals surface area contributed by atoms with Gasteiger partial charge in [-0.15, -0.1) is 0 Å². The first-order valence-electron chi connectivity index (χ1n) is 4.01. The van der Waals surface area contributed by atoms with Crippen molar-refractivity contribution < 1.29 is 5.11 Å². The highest BCUT2D eigenvalue weighted by atomic mass is 35.5. The summed E-state index contributed by atoms with van der Waals surface area (Å²) < 4.78 is 0. The van der Waals surface area contributed by atoms with Crippen molar-refractivity contribution in [3.63, 3.8) is 0 Å². The van der Waals surface area contributed by atoms with Crippen LogP contribution in [-0.4, -0.2) is 11.2 Å². The van der Waals surface area contributed by atoms with Crippen molar-refractivity contribution in [3.05, 3.63) is 32.8 Å². The van der Waals surface area contributed by atoms with Crippen LogP contribution in [0.2, 0.25) is 15.1 Å². The van der Waals surface area contributed by atoms with Gasteiger partial charge in [0.15, 0.2) is 0 Å². The van der Waals surface area contributed by atoms with Crippen LogP contribution in [-0.2, 0) is 0 Å². The molecule has 0 bridgehead atoms. The molecule has 78 valence electrons. The Morgan fingerprint density at radius 3 is 2.36 bits per heavy atom. The molecule has 0 aliphatic heterocycles. The van der Waals surface area contributed by atoms with Crippen LogP contribution >= 0.6 is 34.8 Å². The number of rotatable bonds is 2. The maximum atomic E-state index is 9.31. The number of aliphatic hydroxyl groups excluding tert-OH is 1. The minimum Gasteiger partial charge on any atom is -0.391 e. The fraction of sp³-hybridized carbons (Fsp3) is 0.333. The number of aliphatic hydroxyl groups is 1. The third-order valence-corrected chi connectivity index (χ3v) is 2.93. The second-order valence-corrected chi connectivity index (χ2v) is 4.28. The molecular weight excluding hydrogens is 244 g/mol. The Morgan fingerprint density at radius 2 is 1.86 bits per heavy atom. The number of benzene rings is 1. The standard InChI is InChI=1S/C9H10Cl3NO/c1-4(14)9(13)6-2-5(10)3-7(11)8(6)12/h2-4,9,14H,13H2,1H3/t4-,9-/m0/s1. The average molecular weight is 255 g/mol. The molecule has 0 aromatic heterocycles. The molecule has 0 fully saturated rings. The van der Waals surface area contributed by atoms with Crippen molar-refractivity contribution in [1.82, 2.24) is 0 Å². The van der Waals surface area contributed by atoms with Crippen molar-refractivity contribution in [3.8, 4) is 0 Å². The zero-order valence-electron chi connectivity index (χ0n) is 7.47. The number of hydrogen-bond acceptors (Lipinski definition) is 2. The first-order valence-corrected chi connectivity index (χ1v) is 5.15. The molecule has 5 heteroatoms. The molecule has 2 atom stereocenters. The Hall–Kier alpha value is 0.01000. The van der Waals surface area contributed by atoms with E-state index in [9.17, 15) is 5.11 Å². The first kappa shape index (κ1) is 12.1. The summed E-state index contributed by atoms with van der Waals surface area (Å²) in [4.78, 5) is 0. The van der Waals surface area contributed by atoms with E-state index in [1.807, 2.05) is 0 Å². The van der Waals surface area contributed by atoms with Gasteiger partial charge in [-0.25, -0.2) is 0 Å². The highest BCUT2D eigenvalue weighted by molar-refractivity contribution is 6.43. The molecule has 0 spiro atoms. The SMILES string of the molecule is C[C@H](O)[C@H](N)c1cc(Cl)cc(Cl)c1Cl. The van der Waals surface area contributed by atoms with Gasteiger partial charge in [0.1, 0.15) is 0 Å². The van der Waals surface area contributed by atoms with E-state index < -0.39 is 12.1 Å². The van der Waals surface area contributed by atoms with Gasteiger partial charge in [0.05, 0.1) is 22.2 Å². The van der Waals surface area contributed by atoms with Gasteiger partial charge >= 0.3 is 0 Å². The Kier molecular flexibility index (Phi) is 4.04. The molecule has 0 amide bonds. The summed E-state index contributed by atoms with van der Waals surface area (Å²) >= 11 is 17.5. The highest BCUT2D eigenvalue weighted by Crippen LogP contribution is 2.33. The Bertz CT molecular complexity index is 341. The van der Waals surface area contributed by atoms with E-state index in [-0.39, 0.29) is 0 Å². The third kappa shape index (κ3) is 2.53. The van der Waals surface area contributed by atoms with Crippen LogP contribution in [0.4, 0.5) is 0 Å². The summed E-state index contributed by atoms with van der Waals surface area (Å²) in [6.07, 6.45) is -0.706. The van der Waals surface area contributed by atoms with Crippen LogP contribution in [0.5, 0.6) is 0 Å². The lowest BCUT2D eigenvalue weighted by atomic mass is 10.0. The molecule has 0 saturated heterocycles. The van der Waals surface area contributed by atoms with E-state index in [1.54, 1.807) is 13.0 Å². The topological polar surface area (TPSA) is 46.2 Å². The normalized spacial score (nSPS) is 15.3. The fourth-order valence-corrected chi connectivity index (χ4v) is 1.82. The summed E-state index contributed by atoms with van der Waals surface area (Å²) in [7, 11) is 0. The number of nitrogens with two attached hydrogens (primary N) is 1. The summed E-state index contributed by atoms with van der Waals surface area (Å²) in [6.45, 7) is 1.58. The van der Waals surface area contributed by atoms with Gasteiger partial charge in [0.2, 0.25) is 0 Å². The maximum absolute atomic E-state index is 9.31. The van der Waals surface area contributed by atoms with Crippen molar-refractivity contribution in [2.24, 2.45) is 5.73 Å². The van der Waals surface area contributed by atoms with E-state index in [2.05, 4.69) is 0 Å². The molecular formula is C9H10Cl3NO. The zero-order valence-corrected chi connectivity index (χ0v) is 9.74. The fourth-order valence-electron chi connectivity index (χ4n) is 1.08. The minimum absolute atomic E-state index is 0.337. The van der Waals surface area contributed by atoms with E-state index >= 15 is 0 Å². The second kappa shape index (κ2) is 4.69. The monoisotopic (exact) mass is 253 g/mol. The molecule has 0 aliphatic rings. The highest BCUT2D eigenvalue weighted by Gasteiger charge is 2.17. The van der Waals surface area contributed by atoms with Gasteiger partial charge in [-0.1, -0.05) is 34.8 Å². The maximum Gasteiger partial charge on any atom is 0.0705 e. The smallest absolute Gasteiger partial charge is 0.0705 e. The van der Waals surface area contributed by atoms with Gasteiger partial charge in [-0.3, -0.25) is 0 Å². The van der Waals surface area contributed by atoms with Gasteiger partial charge in [0, 0.05) is 5.02 Å². The van der Waals surface area contributed by atoms with E-state index in [4.69, 9.17) is 40.5 Å². The van der Waals surface area contributed by atoms with E-state index in [0.717, 1.165) is 0 Å². The molecule has 0 aliphatic carbocycles. The molecule has 0 radical (unpaired) electrons. The molecule has 0 heterocycles. The van der Waals surface area contributed by atoms with Gasteiger partial charge < -0.3 is 10.8 Å². The van der Waals surface area contributed by atoms with Gasteiger partial charge in [0.25, 0.3) is 0 Å². The molecule has 3 N–H and O–H groups in total. The summed E-state index contributed by atoms with van der Waals surface area (Å²) in [5, 5.41) is 10.4. The molecule has 0 saturated carbocycles. The van der Waals surface area contributed by atoms with Crippen molar-refractivity contribution >= 4 is 34.8 Å². The average Bonchev–Trinajstić information content (AvgIpc) is 2.09. The van der Waals surface area contributed by atoms with Crippen LogP contribution < -0.4 is 5.73 Å². The summed E-state index contributed by atoms with van der Waals surface area (Å²) in [5.41, 5.74) is 6.28. The molecule has 0 unspecified atom stereocenters. The largest absolute Gasteiger partial charge is 0.391 e. The van der Waals surface area contributed by atoms with Gasteiger partial charge in [-0.05, 0) is 24.6 Å².